The predicted molar refractivity (Wildman–Crippen MR) is 94.8 cm³/mol. The number of nitrogens with zero attached hydrogens (tertiary/aromatic N) is 1. The standard InChI is InChI=1S/C16H12BrN3O2S/c17-8-3-4-12-10(6-8)13-14(22-12)16(21)20-15(19-13)11(18)7-9-2-1-5-23-9/h1-6,11H,7,18H2,(H,19,20,21). The third-order valence-electron chi connectivity index (χ3n) is 3.66. The first-order valence-corrected chi connectivity index (χ1v) is 8.69. The van der Waals surface area contributed by atoms with Crippen LogP contribution in [0.1, 0.15) is 16.7 Å². The molecule has 0 fully saturated rings. The largest absolute Gasteiger partial charge is 0.449 e. The van der Waals surface area contributed by atoms with Crippen molar-refractivity contribution in [2.24, 2.45) is 5.73 Å². The fourth-order valence-corrected chi connectivity index (χ4v) is 3.69. The zero-order valence-corrected chi connectivity index (χ0v) is 14.3. The molecule has 0 aliphatic rings. The number of thiophene rings is 1. The summed E-state index contributed by atoms with van der Waals surface area (Å²) in [4.78, 5) is 20.8. The van der Waals surface area contributed by atoms with E-state index in [4.69, 9.17) is 10.2 Å². The van der Waals surface area contributed by atoms with Crippen LogP contribution in [0, 0.1) is 0 Å². The van der Waals surface area contributed by atoms with Gasteiger partial charge in [0.1, 0.15) is 16.9 Å². The highest BCUT2D eigenvalue weighted by Gasteiger charge is 2.17. The second-order valence-electron chi connectivity index (χ2n) is 5.26. The van der Waals surface area contributed by atoms with Crippen molar-refractivity contribution in [3.63, 3.8) is 0 Å². The van der Waals surface area contributed by atoms with E-state index >= 15 is 0 Å². The van der Waals surface area contributed by atoms with Gasteiger partial charge in [0.2, 0.25) is 5.58 Å². The SMILES string of the molecule is NC(Cc1cccs1)c1nc2c(oc3ccc(Br)cc32)c(=O)[nH]1. The highest BCUT2D eigenvalue weighted by Crippen LogP contribution is 2.28. The molecule has 3 N–H and O–H groups in total. The van der Waals surface area contributed by atoms with E-state index in [1.165, 1.54) is 0 Å². The van der Waals surface area contributed by atoms with E-state index in [1.807, 2.05) is 35.7 Å². The summed E-state index contributed by atoms with van der Waals surface area (Å²) >= 11 is 5.07. The van der Waals surface area contributed by atoms with Crippen molar-refractivity contribution in [2.45, 2.75) is 12.5 Å². The van der Waals surface area contributed by atoms with Crippen LogP contribution in [0.5, 0.6) is 0 Å². The second-order valence-corrected chi connectivity index (χ2v) is 7.21. The van der Waals surface area contributed by atoms with Gasteiger partial charge < -0.3 is 15.1 Å². The van der Waals surface area contributed by atoms with Gasteiger partial charge in [-0.05, 0) is 29.6 Å². The van der Waals surface area contributed by atoms with Crippen molar-refractivity contribution < 1.29 is 4.42 Å². The molecule has 7 heteroatoms. The van der Waals surface area contributed by atoms with Crippen LogP contribution >= 0.6 is 27.3 Å². The van der Waals surface area contributed by atoms with Gasteiger partial charge in [-0.15, -0.1) is 11.3 Å². The zero-order valence-electron chi connectivity index (χ0n) is 11.9. The third kappa shape index (κ3) is 2.60. The fraction of sp³-hybridized carbons (Fsp3) is 0.125. The van der Waals surface area contributed by atoms with E-state index < -0.39 is 0 Å². The maximum atomic E-state index is 12.3. The van der Waals surface area contributed by atoms with Crippen molar-refractivity contribution in [1.82, 2.24) is 9.97 Å². The van der Waals surface area contributed by atoms with E-state index in [0.29, 0.717) is 23.3 Å². The number of nitrogens with one attached hydrogen (secondary N) is 1. The van der Waals surface area contributed by atoms with E-state index in [9.17, 15) is 4.79 Å². The summed E-state index contributed by atoms with van der Waals surface area (Å²) in [6.45, 7) is 0. The van der Waals surface area contributed by atoms with Crippen molar-refractivity contribution >= 4 is 49.3 Å². The number of nitrogens with two attached hydrogens (primary N) is 1. The Kier molecular flexibility index (Phi) is 3.56. The summed E-state index contributed by atoms with van der Waals surface area (Å²) in [5, 5.41) is 2.80. The molecule has 0 amide bonds. The van der Waals surface area contributed by atoms with Crippen LogP contribution in [0.25, 0.3) is 22.1 Å². The van der Waals surface area contributed by atoms with Crippen molar-refractivity contribution in [3.8, 4) is 0 Å². The number of fused-ring (bicyclic) bond motifs is 3. The quantitative estimate of drug-likeness (QED) is 0.558. The number of aromatic nitrogens is 2. The van der Waals surface area contributed by atoms with Crippen LogP contribution in [0.2, 0.25) is 0 Å². The van der Waals surface area contributed by atoms with Gasteiger partial charge in [0.05, 0.1) is 6.04 Å². The smallest absolute Gasteiger partial charge is 0.294 e. The molecule has 116 valence electrons. The Morgan fingerprint density at radius 1 is 1.39 bits per heavy atom. The minimum absolute atomic E-state index is 0.227. The molecule has 3 heterocycles. The molecule has 0 bridgehead atoms. The summed E-state index contributed by atoms with van der Waals surface area (Å²) < 4.78 is 6.52. The molecule has 1 atom stereocenters. The van der Waals surface area contributed by atoms with Gasteiger partial charge in [0.15, 0.2) is 0 Å². The Bertz CT molecular complexity index is 1050. The maximum Gasteiger partial charge on any atom is 0.294 e. The molecule has 4 aromatic rings. The molecule has 1 aromatic carbocycles. The first-order chi connectivity index (χ1) is 11.1. The lowest BCUT2D eigenvalue weighted by Crippen LogP contribution is -2.21. The van der Waals surface area contributed by atoms with Gasteiger partial charge >= 0.3 is 0 Å². The summed E-state index contributed by atoms with van der Waals surface area (Å²) in [6, 6.07) is 9.19. The number of aromatic amines is 1. The predicted octanol–water partition coefficient (Wildman–Crippen LogP) is 3.74. The summed E-state index contributed by atoms with van der Waals surface area (Å²) in [5.74, 6) is 0.471. The average Bonchev–Trinajstić information content (AvgIpc) is 3.15. The van der Waals surface area contributed by atoms with Crippen LogP contribution < -0.4 is 11.3 Å². The van der Waals surface area contributed by atoms with Crippen molar-refractivity contribution in [3.05, 3.63) is 61.2 Å². The molecular weight excluding hydrogens is 378 g/mol. The maximum absolute atomic E-state index is 12.3. The van der Waals surface area contributed by atoms with Gasteiger partial charge in [-0.25, -0.2) is 4.98 Å². The van der Waals surface area contributed by atoms with Gasteiger partial charge in [-0.1, -0.05) is 22.0 Å². The van der Waals surface area contributed by atoms with E-state index in [-0.39, 0.29) is 17.2 Å². The van der Waals surface area contributed by atoms with Crippen LogP contribution in [0.15, 0.2) is 49.4 Å². The molecule has 0 saturated carbocycles. The van der Waals surface area contributed by atoms with Gasteiger partial charge in [-0.3, -0.25) is 4.79 Å². The lowest BCUT2D eigenvalue weighted by molar-refractivity contribution is 0.645. The Morgan fingerprint density at radius 2 is 2.26 bits per heavy atom. The second kappa shape index (κ2) is 5.59. The van der Waals surface area contributed by atoms with E-state index in [2.05, 4.69) is 25.9 Å². The number of hydrogen-bond donors (Lipinski definition) is 2. The molecule has 5 nitrogen and oxygen atoms in total. The van der Waals surface area contributed by atoms with Crippen LogP contribution in [-0.2, 0) is 6.42 Å². The number of furan rings is 1. The van der Waals surface area contributed by atoms with E-state index in [1.54, 1.807) is 11.3 Å². The molecule has 3 aromatic heterocycles. The summed E-state index contributed by atoms with van der Waals surface area (Å²) in [5.41, 5.74) is 7.32. The number of H-pyrrole nitrogens is 1. The lowest BCUT2D eigenvalue weighted by atomic mass is 10.1. The van der Waals surface area contributed by atoms with Crippen LogP contribution in [0.4, 0.5) is 0 Å². The number of rotatable bonds is 3. The Labute approximate surface area is 143 Å². The monoisotopic (exact) mass is 389 g/mol. The molecule has 0 radical (unpaired) electrons. The fourth-order valence-electron chi connectivity index (χ4n) is 2.56. The minimum Gasteiger partial charge on any atom is -0.449 e. The zero-order chi connectivity index (χ0) is 16.0. The topological polar surface area (TPSA) is 84.9 Å². The van der Waals surface area contributed by atoms with Crippen LogP contribution in [0.3, 0.4) is 0 Å². The molecule has 0 aliphatic heterocycles. The first kappa shape index (κ1) is 14.6. The molecule has 0 aliphatic carbocycles. The number of benzene rings is 1. The summed E-state index contributed by atoms with van der Waals surface area (Å²) in [7, 11) is 0. The molecule has 1 unspecified atom stereocenters. The molecular formula is C16H12BrN3O2S. The number of halogens is 1. The van der Waals surface area contributed by atoms with E-state index in [0.717, 1.165) is 14.7 Å². The highest BCUT2D eigenvalue weighted by molar-refractivity contribution is 9.10. The first-order valence-electron chi connectivity index (χ1n) is 7.02. The van der Waals surface area contributed by atoms with Crippen LogP contribution in [-0.4, -0.2) is 9.97 Å². The Hall–Kier alpha value is -1.96. The molecule has 0 spiro atoms. The lowest BCUT2D eigenvalue weighted by Gasteiger charge is -2.09. The Morgan fingerprint density at radius 3 is 3.04 bits per heavy atom. The molecule has 0 saturated heterocycles. The third-order valence-corrected chi connectivity index (χ3v) is 5.05. The minimum atomic E-state index is -0.372. The average molecular weight is 390 g/mol. The number of hydrogen-bond acceptors (Lipinski definition) is 5. The molecule has 4 rings (SSSR count). The molecule has 23 heavy (non-hydrogen) atoms. The highest BCUT2D eigenvalue weighted by atomic mass is 79.9. The van der Waals surface area contributed by atoms with Crippen molar-refractivity contribution in [1.29, 1.82) is 0 Å². The van der Waals surface area contributed by atoms with Gasteiger partial charge in [0, 0.05) is 21.2 Å². The van der Waals surface area contributed by atoms with Crippen molar-refractivity contribution in [2.75, 3.05) is 0 Å². The van der Waals surface area contributed by atoms with Gasteiger partial charge in [0.25, 0.3) is 5.56 Å². The van der Waals surface area contributed by atoms with Gasteiger partial charge in [-0.2, -0.15) is 0 Å². The normalized spacial score (nSPS) is 13.0. The Balaban J connectivity index is 1.86. The summed E-state index contributed by atoms with van der Waals surface area (Å²) in [6.07, 6.45) is 0.631.